The summed E-state index contributed by atoms with van der Waals surface area (Å²) in [4.78, 5) is 44.0. The number of nitrogens with one attached hydrogen (secondary N) is 2. The van der Waals surface area contributed by atoms with Crippen molar-refractivity contribution in [3.63, 3.8) is 0 Å². The molecular formula is C30H41FN4O4. The van der Waals surface area contributed by atoms with Gasteiger partial charge in [-0.25, -0.2) is 9.18 Å². The van der Waals surface area contributed by atoms with E-state index in [4.69, 9.17) is 5.73 Å². The van der Waals surface area contributed by atoms with Crippen molar-refractivity contribution in [3.8, 4) is 0 Å². The maximum atomic E-state index is 13.9. The predicted molar refractivity (Wildman–Crippen MR) is 148 cm³/mol. The van der Waals surface area contributed by atoms with E-state index in [1.54, 1.807) is 25.1 Å². The van der Waals surface area contributed by atoms with Crippen molar-refractivity contribution in [2.75, 3.05) is 18.5 Å². The molecule has 0 radical (unpaired) electrons. The van der Waals surface area contributed by atoms with Gasteiger partial charge in [-0.2, -0.15) is 0 Å². The molecule has 1 aromatic carbocycles. The van der Waals surface area contributed by atoms with Crippen LogP contribution < -0.4 is 11.1 Å². The van der Waals surface area contributed by atoms with Gasteiger partial charge in [0.2, 0.25) is 11.8 Å². The van der Waals surface area contributed by atoms with E-state index in [0.717, 1.165) is 50.3 Å². The number of H-pyrrole nitrogens is 1. The Hall–Kier alpha value is -2.94. The van der Waals surface area contributed by atoms with Crippen molar-refractivity contribution in [1.82, 2.24) is 9.88 Å². The molecule has 9 heteroatoms. The first-order chi connectivity index (χ1) is 18.8. The number of nitrogens with zero attached hydrogens (tertiary/aromatic N) is 1. The molecule has 1 saturated heterocycles. The maximum Gasteiger partial charge on any atom is 0.352 e. The summed E-state index contributed by atoms with van der Waals surface area (Å²) in [7, 11) is 0. The number of fused-ring (bicyclic) bond motifs is 1. The first-order valence-electron chi connectivity index (χ1n) is 14.6. The summed E-state index contributed by atoms with van der Waals surface area (Å²) in [6.07, 6.45) is 9.42. The van der Waals surface area contributed by atoms with Crippen molar-refractivity contribution >= 4 is 34.4 Å². The Balaban J connectivity index is 1.36. The second-order valence-corrected chi connectivity index (χ2v) is 11.9. The van der Waals surface area contributed by atoms with Crippen LogP contribution in [0.2, 0.25) is 0 Å². The summed E-state index contributed by atoms with van der Waals surface area (Å²) in [5, 5.41) is 13.3. The molecule has 0 spiro atoms. The third kappa shape index (κ3) is 5.55. The highest BCUT2D eigenvalue weighted by Crippen LogP contribution is 2.41. The SMILES string of the molecule is Cc1c(C(=O)O)[nH]c2ccc(NC(=O)[C@@H]3[C@H](C4CCCCC4)CCN3C(=O)C3CCC([C@H](N)CF)CC3)cc12. The largest absolute Gasteiger partial charge is 0.477 e. The summed E-state index contributed by atoms with van der Waals surface area (Å²) >= 11 is 0. The number of carbonyl (C=O) groups is 3. The van der Waals surface area contributed by atoms with E-state index in [9.17, 15) is 23.9 Å². The second kappa shape index (κ2) is 11.7. The minimum Gasteiger partial charge on any atom is -0.477 e. The summed E-state index contributed by atoms with van der Waals surface area (Å²) in [6.45, 7) is 1.80. The number of aryl methyl sites for hydroxylation is 1. The summed E-state index contributed by atoms with van der Waals surface area (Å²) < 4.78 is 13.1. The molecule has 2 amide bonds. The van der Waals surface area contributed by atoms with Crippen molar-refractivity contribution in [1.29, 1.82) is 0 Å². The van der Waals surface area contributed by atoms with Gasteiger partial charge in [-0.1, -0.05) is 32.1 Å². The minimum atomic E-state index is -1.02. The normalized spacial score (nSPS) is 27.0. The average molecular weight is 541 g/mol. The molecule has 3 atom stereocenters. The molecule has 8 nitrogen and oxygen atoms in total. The Morgan fingerprint density at radius 2 is 1.82 bits per heavy atom. The average Bonchev–Trinajstić information content (AvgIpc) is 3.54. The number of nitrogens with two attached hydrogens (primary N) is 1. The van der Waals surface area contributed by atoms with E-state index in [0.29, 0.717) is 42.1 Å². The van der Waals surface area contributed by atoms with Crippen LogP contribution in [0.3, 0.4) is 0 Å². The fraction of sp³-hybridized carbons (Fsp3) is 0.633. The van der Waals surface area contributed by atoms with Gasteiger partial charge in [0.05, 0.1) is 0 Å². The number of amides is 2. The van der Waals surface area contributed by atoms with E-state index in [1.807, 2.05) is 4.90 Å². The number of benzene rings is 1. The lowest BCUT2D eigenvalue weighted by Gasteiger charge is -2.36. The number of aromatic carboxylic acids is 1. The van der Waals surface area contributed by atoms with Gasteiger partial charge in [0.25, 0.3) is 0 Å². The highest BCUT2D eigenvalue weighted by atomic mass is 19.1. The highest BCUT2D eigenvalue weighted by Gasteiger charge is 2.47. The van der Waals surface area contributed by atoms with Gasteiger partial charge in [-0.05, 0) is 80.5 Å². The van der Waals surface area contributed by atoms with Crippen molar-refractivity contribution in [3.05, 3.63) is 29.5 Å². The summed E-state index contributed by atoms with van der Waals surface area (Å²) in [6, 6.07) is 4.37. The molecule has 5 rings (SSSR count). The zero-order valence-electron chi connectivity index (χ0n) is 22.8. The zero-order valence-corrected chi connectivity index (χ0v) is 22.8. The molecule has 3 fully saturated rings. The van der Waals surface area contributed by atoms with Crippen LogP contribution in [0.4, 0.5) is 10.1 Å². The number of hydrogen-bond donors (Lipinski definition) is 4. The first kappa shape index (κ1) is 27.6. The van der Waals surface area contributed by atoms with Gasteiger partial charge in [0.15, 0.2) is 0 Å². The molecule has 1 aliphatic heterocycles. The first-order valence-corrected chi connectivity index (χ1v) is 14.6. The molecule has 5 N–H and O–H groups in total. The van der Waals surface area contributed by atoms with E-state index >= 15 is 0 Å². The third-order valence-corrected chi connectivity index (χ3v) is 9.70. The lowest BCUT2D eigenvalue weighted by atomic mass is 9.76. The highest BCUT2D eigenvalue weighted by molar-refractivity contribution is 6.02. The number of halogens is 1. The molecule has 1 aromatic heterocycles. The Morgan fingerprint density at radius 1 is 1.10 bits per heavy atom. The fourth-order valence-electron chi connectivity index (χ4n) is 7.44. The van der Waals surface area contributed by atoms with Crippen molar-refractivity contribution in [2.45, 2.75) is 83.2 Å². The standard InChI is InChI=1S/C30H41FN4O4/c1-17-23-15-21(11-12-25(23)34-26(17)30(38)39)33-28(36)27-22(18-5-3-2-4-6-18)13-14-35(27)29(37)20-9-7-19(8-10-20)24(32)16-31/h11-12,15,18-20,22,24,27,34H,2-10,13-14,16,32H2,1H3,(H,33,36)(H,38,39)/t19?,20?,22-,24+,27-/m0/s1. The number of hydrogen-bond acceptors (Lipinski definition) is 4. The van der Waals surface area contributed by atoms with Gasteiger partial charge >= 0.3 is 5.97 Å². The molecule has 2 saturated carbocycles. The monoisotopic (exact) mass is 540 g/mol. The Bertz CT molecular complexity index is 1220. The lowest BCUT2D eigenvalue weighted by Crippen LogP contribution is -2.50. The predicted octanol–water partition coefficient (Wildman–Crippen LogP) is 5.01. The molecular weight excluding hydrogens is 499 g/mol. The van der Waals surface area contributed by atoms with Crippen LogP contribution in [-0.2, 0) is 9.59 Å². The number of alkyl halides is 1. The second-order valence-electron chi connectivity index (χ2n) is 11.9. The molecule has 3 aliphatic rings. The van der Waals surface area contributed by atoms with E-state index in [-0.39, 0.29) is 35.3 Å². The molecule has 212 valence electrons. The van der Waals surface area contributed by atoms with Crippen LogP contribution >= 0.6 is 0 Å². The van der Waals surface area contributed by atoms with Crippen LogP contribution in [0.1, 0.15) is 80.3 Å². The number of aromatic nitrogens is 1. The number of aromatic amines is 1. The van der Waals surface area contributed by atoms with Crippen molar-refractivity contribution in [2.24, 2.45) is 29.4 Å². The Kier molecular flexibility index (Phi) is 8.26. The Labute approximate surface area is 228 Å². The van der Waals surface area contributed by atoms with Crippen LogP contribution in [0.5, 0.6) is 0 Å². The zero-order chi connectivity index (χ0) is 27.7. The van der Waals surface area contributed by atoms with Gasteiger partial charge in [-0.15, -0.1) is 0 Å². The Morgan fingerprint density at radius 3 is 2.49 bits per heavy atom. The van der Waals surface area contributed by atoms with Crippen molar-refractivity contribution < 1.29 is 23.9 Å². The van der Waals surface area contributed by atoms with E-state index in [2.05, 4.69) is 10.3 Å². The molecule has 2 aromatic rings. The minimum absolute atomic E-state index is 0.0451. The summed E-state index contributed by atoms with van der Waals surface area (Å²) in [5.41, 5.74) is 7.98. The van der Waals surface area contributed by atoms with Gasteiger partial charge in [0, 0.05) is 35.1 Å². The quantitative estimate of drug-likeness (QED) is 0.392. The van der Waals surface area contributed by atoms with Crippen LogP contribution in [-0.4, -0.2) is 58.1 Å². The molecule has 0 bridgehead atoms. The number of carboxylic acids is 1. The number of likely N-dealkylation sites (tertiary alicyclic amines) is 1. The van der Waals surface area contributed by atoms with E-state index < -0.39 is 24.7 Å². The molecule has 0 unspecified atom stereocenters. The number of rotatable bonds is 7. The van der Waals surface area contributed by atoms with Crippen LogP contribution in [0.25, 0.3) is 10.9 Å². The fourth-order valence-corrected chi connectivity index (χ4v) is 7.44. The maximum absolute atomic E-state index is 13.9. The number of carboxylic acid groups (broad SMARTS) is 1. The van der Waals surface area contributed by atoms with Gasteiger partial charge in [-0.3, -0.25) is 9.59 Å². The summed E-state index contributed by atoms with van der Waals surface area (Å²) in [5.74, 6) is -0.633. The van der Waals surface area contributed by atoms with Gasteiger partial charge < -0.3 is 26.0 Å². The lowest BCUT2D eigenvalue weighted by molar-refractivity contribution is -0.142. The van der Waals surface area contributed by atoms with Crippen LogP contribution in [0.15, 0.2) is 18.2 Å². The smallest absolute Gasteiger partial charge is 0.352 e. The van der Waals surface area contributed by atoms with E-state index in [1.165, 1.54) is 6.42 Å². The van der Waals surface area contributed by atoms with Gasteiger partial charge in [0.1, 0.15) is 18.4 Å². The number of anilines is 1. The topological polar surface area (TPSA) is 129 Å². The third-order valence-electron chi connectivity index (χ3n) is 9.70. The molecule has 39 heavy (non-hydrogen) atoms. The molecule has 2 heterocycles. The number of carbonyl (C=O) groups excluding carboxylic acids is 2. The van der Waals surface area contributed by atoms with Crippen LogP contribution in [0, 0.1) is 30.6 Å². The molecule has 2 aliphatic carbocycles.